The molecule has 2 rings (SSSR count). The molecule has 0 aromatic rings. The number of hydrogen-bond acceptors (Lipinski definition) is 5. The summed E-state index contributed by atoms with van der Waals surface area (Å²) in [7, 11) is 0. The van der Waals surface area contributed by atoms with Crippen molar-refractivity contribution in [2.75, 3.05) is 6.61 Å². The quantitative estimate of drug-likeness (QED) is 0.303. The number of hydrogen-bond donors (Lipinski definition) is 2. The van der Waals surface area contributed by atoms with Gasteiger partial charge < -0.3 is 19.7 Å². The van der Waals surface area contributed by atoms with Crippen LogP contribution in [0.4, 0.5) is 0 Å². The zero-order chi connectivity index (χ0) is 13.3. The lowest BCUT2D eigenvalue weighted by molar-refractivity contribution is -0.141. The number of esters is 1. The van der Waals surface area contributed by atoms with E-state index < -0.39 is 23.9 Å². The summed E-state index contributed by atoms with van der Waals surface area (Å²) < 4.78 is 10.2. The predicted octanol–water partition coefficient (Wildman–Crippen LogP) is -0.382. The Morgan fingerprint density at radius 2 is 2.28 bits per heavy atom. The van der Waals surface area contributed by atoms with E-state index in [4.69, 9.17) is 9.47 Å². The molecule has 0 spiro atoms. The van der Waals surface area contributed by atoms with Crippen LogP contribution in [0, 0.1) is 17.8 Å². The van der Waals surface area contributed by atoms with Gasteiger partial charge in [-0.2, -0.15) is 0 Å². The first-order valence-corrected chi connectivity index (χ1v) is 5.84. The Morgan fingerprint density at radius 3 is 2.94 bits per heavy atom. The Balaban J connectivity index is 1.98. The number of carbonyl (C=O) groups excluding carboxylic acids is 1. The van der Waals surface area contributed by atoms with Crippen LogP contribution in [0.3, 0.4) is 0 Å². The number of fused-ring (bicyclic) bond motifs is 1. The van der Waals surface area contributed by atoms with E-state index in [1.165, 1.54) is 19.1 Å². The summed E-state index contributed by atoms with van der Waals surface area (Å²) in [5, 5.41) is 19.4. The van der Waals surface area contributed by atoms with Gasteiger partial charge in [-0.05, 0) is 6.92 Å². The van der Waals surface area contributed by atoms with E-state index in [0.717, 1.165) is 0 Å². The van der Waals surface area contributed by atoms with E-state index >= 15 is 0 Å². The number of carbonyl (C=O) groups is 1. The van der Waals surface area contributed by atoms with Crippen molar-refractivity contribution in [2.24, 2.45) is 5.92 Å². The Labute approximate surface area is 105 Å². The van der Waals surface area contributed by atoms with Gasteiger partial charge in [-0.1, -0.05) is 24.0 Å². The van der Waals surface area contributed by atoms with Crippen LogP contribution in [0.25, 0.3) is 0 Å². The predicted molar refractivity (Wildman–Crippen MR) is 62.3 cm³/mol. The summed E-state index contributed by atoms with van der Waals surface area (Å²) in [6, 6.07) is 0. The summed E-state index contributed by atoms with van der Waals surface area (Å²) in [6.07, 6.45) is 0.959. The van der Waals surface area contributed by atoms with E-state index in [9.17, 15) is 15.0 Å². The molecular formula is C13H16O5. The Morgan fingerprint density at radius 1 is 1.56 bits per heavy atom. The first-order chi connectivity index (χ1) is 8.45. The van der Waals surface area contributed by atoms with E-state index in [1.54, 1.807) is 0 Å². The van der Waals surface area contributed by atoms with Gasteiger partial charge in [0.25, 0.3) is 0 Å². The summed E-state index contributed by atoms with van der Waals surface area (Å²) >= 11 is 0. The van der Waals surface area contributed by atoms with Gasteiger partial charge in [0.1, 0.15) is 24.9 Å². The lowest BCUT2D eigenvalue weighted by Gasteiger charge is -2.16. The summed E-state index contributed by atoms with van der Waals surface area (Å²) in [4.78, 5) is 10.6. The van der Waals surface area contributed by atoms with Crippen molar-refractivity contribution < 1.29 is 24.5 Å². The van der Waals surface area contributed by atoms with Gasteiger partial charge in [-0.15, -0.1) is 0 Å². The van der Waals surface area contributed by atoms with Crippen molar-refractivity contribution in [2.45, 2.75) is 37.8 Å². The maximum atomic E-state index is 10.6. The van der Waals surface area contributed by atoms with E-state index in [1.807, 2.05) is 6.92 Å². The van der Waals surface area contributed by atoms with Crippen LogP contribution in [-0.4, -0.2) is 46.7 Å². The zero-order valence-electron chi connectivity index (χ0n) is 10.3. The number of aliphatic hydroxyl groups excluding tert-OH is 2. The smallest absolute Gasteiger partial charge is 0.302 e. The Kier molecular flexibility index (Phi) is 3.44. The second kappa shape index (κ2) is 4.73. The van der Waals surface area contributed by atoms with E-state index in [-0.39, 0.29) is 18.5 Å². The standard InChI is InChI=1S/C13H16O5/c1-8(7-17-9(2)14)5-6-13-11(16)4-3-10(15)12(13)18-13/h3-4,8,10-12,15-16H,7H2,1-2H3/t8-,10+,11+,12-,13+/m1/s1. The molecular weight excluding hydrogens is 236 g/mol. The maximum absolute atomic E-state index is 10.6. The van der Waals surface area contributed by atoms with Crippen LogP contribution < -0.4 is 0 Å². The third-order valence-electron chi connectivity index (χ3n) is 2.98. The van der Waals surface area contributed by atoms with Crippen LogP contribution in [-0.2, 0) is 14.3 Å². The van der Waals surface area contributed by atoms with Crippen molar-refractivity contribution in [3.05, 3.63) is 12.2 Å². The molecule has 0 bridgehead atoms. The highest BCUT2D eigenvalue weighted by Crippen LogP contribution is 2.45. The minimum Gasteiger partial charge on any atom is -0.465 e. The molecule has 0 radical (unpaired) electrons. The average molecular weight is 252 g/mol. The topological polar surface area (TPSA) is 79.3 Å². The van der Waals surface area contributed by atoms with Crippen LogP contribution in [0.1, 0.15) is 13.8 Å². The minimum absolute atomic E-state index is 0.150. The summed E-state index contributed by atoms with van der Waals surface area (Å²) in [5.41, 5.74) is -0.987. The van der Waals surface area contributed by atoms with Crippen LogP contribution >= 0.6 is 0 Å². The molecule has 5 atom stereocenters. The van der Waals surface area contributed by atoms with Gasteiger partial charge in [0.05, 0.1) is 5.92 Å². The van der Waals surface area contributed by atoms with Gasteiger partial charge >= 0.3 is 5.97 Å². The largest absolute Gasteiger partial charge is 0.465 e. The van der Waals surface area contributed by atoms with E-state index in [0.29, 0.717) is 0 Å². The minimum atomic E-state index is -0.987. The highest BCUT2D eigenvalue weighted by atomic mass is 16.6. The van der Waals surface area contributed by atoms with Crippen LogP contribution in [0.2, 0.25) is 0 Å². The molecule has 0 amide bonds. The van der Waals surface area contributed by atoms with Crippen molar-refractivity contribution in [1.82, 2.24) is 0 Å². The lowest BCUT2D eigenvalue weighted by Crippen LogP contribution is -2.36. The van der Waals surface area contributed by atoms with Crippen molar-refractivity contribution in [3.8, 4) is 11.8 Å². The second-order valence-electron chi connectivity index (χ2n) is 4.62. The molecule has 1 heterocycles. The third-order valence-corrected chi connectivity index (χ3v) is 2.98. The van der Waals surface area contributed by atoms with Crippen molar-refractivity contribution in [1.29, 1.82) is 0 Å². The Hall–Kier alpha value is -1.35. The molecule has 18 heavy (non-hydrogen) atoms. The van der Waals surface area contributed by atoms with Crippen molar-refractivity contribution in [3.63, 3.8) is 0 Å². The normalized spacial score (nSPS) is 38.1. The molecule has 1 fully saturated rings. The van der Waals surface area contributed by atoms with Gasteiger partial charge in [0, 0.05) is 6.92 Å². The summed E-state index contributed by atoms with van der Waals surface area (Å²) in [5.74, 6) is 5.24. The van der Waals surface area contributed by atoms with Crippen molar-refractivity contribution >= 4 is 5.97 Å². The fourth-order valence-electron chi connectivity index (χ4n) is 1.89. The molecule has 1 aliphatic carbocycles. The number of rotatable bonds is 2. The third kappa shape index (κ3) is 2.41. The molecule has 5 nitrogen and oxygen atoms in total. The number of ether oxygens (including phenoxy) is 2. The number of aliphatic hydroxyl groups is 2. The first kappa shape index (κ1) is 13.1. The molecule has 2 aliphatic rings. The number of epoxide rings is 1. The van der Waals surface area contributed by atoms with E-state index in [2.05, 4.69) is 11.8 Å². The van der Waals surface area contributed by atoms with Crippen LogP contribution in [0.5, 0.6) is 0 Å². The highest BCUT2D eigenvalue weighted by molar-refractivity contribution is 5.65. The first-order valence-electron chi connectivity index (χ1n) is 5.84. The van der Waals surface area contributed by atoms with Gasteiger partial charge in [-0.3, -0.25) is 4.79 Å². The molecule has 98 valence electrons. The van der Waals surface area contributed by atoms with Gasteiger partial charge in [-0.25, -0.2) is 0 Å². The fourth-order valence-corrected chi connectivity index (χ4v) is 1.89. The monoisotopic (exact) mass is 252 g/mol. The zero-order valence-corrected chi connectivity index (χ0v) is 10.3. The molecule has 2 N–H and O–H groups in total. The van der Waals surface area contributed by atoms with Gasteiger partial charge in [0.2, 0.25) is 0 Å². The Bertz CT molecular complexity index is 432. The van der Waals surface area contributed by atoms with Crippen LogP contribution in [0.15, 0.2) is 12.2 Å². The fraction of sp³-hybridized carbons (Fsp3) is 0.615. The maximum Gasteiger partial charge on any atom is 0.302 e. The summed E-state index contributed by atoms with van der Waals surface area (Å²) in [6.45, 7) is 3.36. The second-order valence-corrected chi connectivity index (χ2v) is 4.62. The molecule has 0 aromatic heterocycles. The molecule has 0 saturated carbocycles. The molecule has 0 unspecified atom stereocenters. The average Bonchev–Trinajstić information content (AvgIpc) is 3.06. The highest BCUT2D eigenvalue weighted by Gasteiger charge is 2.64. The SMILES string of the molecule is CC(=O)OC[C@H](C)C#C[C@@]12O[C@@H]1[C@@H](O)C=C[C@@H]2O. The molecule has 5 heteroatoms. The molecule has 1 aliphatic heterocycles. The molecule has 1 saturated heterocycles. The lowest BCUT2D eigenvalue weighted by atomic mass is 9.90. The van der Waals surface area contributed by atoms with Gasteiger partial charge in [0.15, 0.2) is 5.60 Å². The molecule has 0 aromatic carbocycles.